The molecule has 0 fully saturated rings. The molecule has 14 heavy (non-hydrogen) atoms. The van der Waals surface area contributed by atoms with Gasteiger partial charge in [0.2, 0.25) is 0 Å². The van der Waals surface area contributed by atoms with Crippen LogP contribution < -0.4 is 0 Å². The highest BCUT2D eigenvalue weighted by molar-refractivity contribution is 9.10. The van der Waals surface area contributed by atoms with Gasteiger partial charge in [-0.15, -0.1) is 0 Å². The summed E-state index contributed by atoms with van der Waals surface area (Å²) in [4.78, 5) is 0. The number of halogens is 1. The van der Waals surface area contributed by atoms with Gasteiger partial charge in [0.25, 0.3) is 0 Å². The molecule has 2 N–H and O–H groups in total. The first kappa shape index (κ1) is 11.5. The summed E-state index contributed by atoms with van der Waals surface area (Å²) >= 11 is 3.27. The van der Waals surface area contributed by atoms with Crippen LogP contribution in [0.2, 0.25) is 0 Å². The minimum Gasteiger partial charge on any atom is -0.506 e. The second kappa shape index (κ2) is 4.32. The van der Waals surface area contributed by atoms with Gasteiger partial charge in [-0.25, -0.2) is 0 Å². The Bertz CT molecular complexity index is 332. The highest BCUT2D eigenvalue weighted by Crippen LogP contribution is 2.35. The van der Waals surface area contributed by atoms with Crippen molar-refractivity contribution in [3.05, 3.63) is 27.7 Å². The Morgan fingerprint density at radius 3 is 2.21 bits per heavy atom. The molecule has 0 aliphatic carbocycles. The maximum atomic E-state index is 9.75. The van der Waals surface area contributed by atoms with E-state index < -0.39 is 6.10 Å². The third-order valence-corrected chi connectivity index (χ3v) is 2.82. The van der Waals surface area contributed by atoms with E-state index in [0.717, 1.165) is 11.1 Å². The van der Waals surface area contributed by atoms with E-state index >= 15 is 0 Å². The number of rotatable bonds is 2. The second-order valence-corrected chi connectivity index (χ2v) is 4.63. The predicted octanol–water partition coefficient (Wildman–Crippen LogP) is 3.33. The molecule has 0 aliphatic heterocycles. The summed E-state index contributed by atoms with van der Waals surface area (Å²) in [5.74, 6) is 0.509. The molecule has 0 spiro atoms. The molecule has 2 nitrogen and oxygen atoms in total. The molecule has 1 atom stereocenters. The maximum Gasteiger partial charge on any atom is 0.133 e. The molecule has 78 valence electrons. The molecule has 0 saturated heterocycles. The van der Waals surface area contributed by atoms with Gasteiger partial charge in [-0.05, 0) is 52.0 Å². The van der Waals surface area contributed by atoms with Crippen molar-refractivity contribution in [3.8, 4) is 5.75 Å². The molecular formula is C11H15BrO2. The first-order chi connectivity index (χ1) is 6.43. The first-order valence-electron chi connectivity index (χ1n) is 4.63. The van der Waals surface area contributed by atoms with Gasteiger partial charge in [0, 0.05) is 0 Å². The number of hydrogen-bond donors (Lipinski definition) is 2. The Kier molecular flexibility index (Phi) is 3.56. The largest absolute Gasteiger partial charge is 0.506 e. The van der Waals surface area contributed by atoms with Gasteiger partial charge in [-0.1, -0.05) is 13.8 Å². The van der Waals surface area contributed by atoms with E-state index in [1.54, 1.807) is 13.0 Å². The summed E-state index contributed by atoms with van der Waals surface area (Å²) < 4.78 is 0.639. The van der Waals surface area contributed by atoms with Crippen LogP contribution in [0.5, 0.6) is 5.75 Å². The minimum absolute atomic E-state index is 0.241. The van der Waals surface area contributed by atoms with E-state index in [1.165, 1.54) is 0 Å². The van der Waals surface area contributed by atoms with Crippen LogP contribution in [-0.4, -0.2) is 10.2 Å². The molecule has 1 aromatic carbocycles. The zero-order chi connectivity index (χ0) is 10.9. The molecule has 1 rings (SSSR count). The fourth-order valence-corrected chi connectivity index (χ4v) is 1.82. The van der Waals surface area contributed by atoms with Crippen molar-refractivity contribution in [2.45, 2.75) is 32.8 Å². The third-order valence-electron chi connectivity index (χ3n) is 2.22. The molecule has 0 saturated carbocycles. The average molecular weight is 259 g/mol. The zero-order valence-corrected chi connectivity index (χ0v) is 10.2. The predicted molar refractivity (Wildman–Crippen MR) is 60.5 cm³/mol. The van der Waals surface area contributed by atoms with Crippen LogP contribution >= 0.6 is 15.9 Å². The summed E-state index contributed by atoms with van der Waals surface area (Å²) in [6.45, 7) is 5.73. The lowest BCUT2D eigenvalue weighted by molar-refractivity contribution is 0.199. The summed E-state index contributed by atoms with van der Waals surface area (Å²) in [5, 5.41) is 19.2. The van der Waals surface area contributed by atoms with Crippen LogP contribution in [-0.2, 0) is 0 Å². The van der Waals surface area contributed by atoms with Crippen molar-refractivity contribution in [1.29, 1.82) is 0 Å². The number of hydrogen-bond acceptors (Lipinski definition) is 2. The Labute approximate surface area is 92.7 Å². The van der Waals surface area contributed by atoms with Gasteiger partial charge in [-0.3, -0.25) is 0 Å². The SMILES string of the molecule is CC(C)c1cc(C(C)O)cc(Br)c1O. The minimum atomic E-state index is -0.510. The molecule has 0 aliphatic rings. The average Bonchev–Trinajstić information content (AvgIpc) is 2.08. The van der Waals surface area contributed by atoms with E-state index in [1.807, 2.05) is 19.9 Å². The van der Waals surface area contributed by atoms with Crippen LogP contribution in [0.15, 0.2) is 16.6 Å². The summed E-state index contributed by atoms with van der Waals surface area (Å²) in [5.41, 5.74) is 1.67. The van der Waals surface area contributed by atoms with Crippen molar-refractivity contribution >= 4 is 15.9 Å². The highest BCUT2D eigenvalue weighted by atomic mass is 79.9. The maximum absolute atomic E-state index is 9.75. The monoisotopic (exact) mass is 258 g/mol. The lowest BCUT2D eigenvalue weighted by Gasteiger charge is -2.14. The van der Waals surface area contributed by atoms with Crippen LogP contribution in [0.25, 0.3) is 0 Å². The van der Waals surface area contributed by atoms with Crippen molar-refractivity contribution in [2.75, 3.05) is 0 Å². The van der Waals surface area contributed by atoms with Gasteiger partial charge >= 0.3 is 0 Å². The third kappa shape index (κ3) is 2.28. The molecule has 0 bridgehead atoms. The normalized spacial score (nSPS) is 13.3. The number of phenolic OH excluding ortho intramolecular Hbond substituents is 1. The van der Waals surface area contributed by atoms with Gasteiger partial charge in [0.05, 0.1) is 10.6 Å². The van der Waals surface area contributed by atoms with Crippen molar-refractivity contribution in [3.63, 3.8) is 0 Å². The second-order valence-electron chi connectivity index (χ2n) is 3.77. The number of benzene rings is 1. The van der Waals surface area contributed by atoms with E-state index in [9.17, 15) is 10.2 Å². The topological polar surface area (TPSA) is 40.5 Å². The number of phenols is 1. The first-order valence-corrected chi connectivity index (χ1v) is 5.43. The molecule has 3 heteroatoms. The summed E-state index contributed by atoms with van der Waals surface area (Å²) in [7, 11) is 0. The molecular weight excluding hydrogens is 244 g/mol. The van der Waals surface area contributed by atoms with Crippen molar-refractivity contribution < 1.29 is 10.2 Å². The number of aliphatic hydroxyl groups is 1. The molecule has 1 aromatic rings. The standard InChI is InChI=1S/C11H15BrO2/c1-6(2)9-4-8(7(3)13)5-10(12)11(9)14/h4-7,13-14H,1-3H3. The van der Waals surface area contributed by atoms with Crippen LogP contribution in [0, 0.1) is 0 Å². The summed E-state index contributed by atoms with van der Waals surface area (Å²) in [6, 6.07) is 3.58. The lowest BCUT2D eigenvalue weighted by Crippen LogP contribution is -1.96. The Balaban J connectivity index is 3.28. The van der Waals surface area contributed by atoms with Gasteiger partial charge in [0.15, 0.2) is 0 Å². The summed E-state index contributed by atoms with van der Waals surface area (Å²) in [6.07, 6.45) is -0.510. The smallest absolute Gasteiger partial charge is 0.133 e. The van der Waals surface area contributed by atoms with Crippen molar-refractivity contribution in [2.24, 2.45) is 0 Å². The fourth-order valence-electron chi connectivity index (χ4n) is 1.32. The lowest BCUT2D eigenvalue weighted by atomic mass is 9.98. The molecule has 0 radical (unpaired) electrons. The quantitative estimate of drug-likeness (QED) is 0.855. The van der Waals surface area contributed by atoms with Gasteiger partial charge < -0.3 is 10.2 Å². The zero-order valence-electron chi connectivity index (χ0n) is 8.58. The fraction of sp³-hybridized carbons (Fsp3) is 0.455. The van der Waals surface area contributed by atoms with Crippen molar-refractivity contribution in [1.82, 2.24) is 0 Å². The molecule has 0 amide bonds. The van der Waals surface area contributed by atoms with E-state index in [-0.39, 0.29) is 11.7 Å². The molecule has 1 unspecified atom stereocenters. The number of aliphatic hydroxyl groups excluding tert-OH is 1. The number of aromatic hydroxyl groups is 1. The van der Waals surface area contributed by atoms with E-state index in [0.29, 0.717) is 4.47 Å². The Morgan fingerprint density at radius 2 is 1.79 bits per heavy atom. The van der Waals surface area contributed by atoms with Crippen LogP contribution in [0.3, 0.4) is 0 Å². The Morgan fingerprint density at radius 1 is 1.21 bits per heavy atom. The molecule has 0 heterocycles. The molecule has 0 aromatic heterocycles. The van der Waals surface area contributed by atoms with Crippen LogP contribution in [0.1, 0.15) is 43.9 Å². The van der Waals surface area contributed by atoms with E-state index in [2.05, 4.69) is 15.9 Å². The van der Waals surface area contributed by atoms with Crippen LogP contribution in [0.4, 0.5) is 0 Å². The van der Waals surface area contributed by atoms with Gasteiger partial charge in [-0.2, -0.15) is 0 Å². The highest BCUT2D eigenvalue weighted by Gasteiger charge is 2.13. The van der Waals surface area contributed by atoms with Gasteiger partial charge in [0.1, 0.15) is 5.75 Å². The Hall–Kier alpha value is -0.540. The van der Waals surface area contributed by atoms with E-state index in [4.69, 9.17) is 0 Å².